The molecule has 29 heavy (non-hydrogen) atoms. The fourth-order valence-electron chi connectivity index (χ4n) is 4.09. The van der Waals surface area contributed by atoms with Gasteiger partial charge in [-0.05, 0) is 53.8 Å². The molecule has 0 aromatic heterocycles. The Kier molecular flexibility index (Phi) is 5.95. The summed E-state index contributed by atoms with van der Waals surface area (Å²) in [6.45, 7) is 1.59. The Bertz CT molecular complexity index is 933. The van der Waals surface area contributed by atoms with Crippen LogP contribution in [-0.2, 0) is 0 Å². The average molecular weight is 386 g/mol. The molecule has 1 amide bonds. The standard InChI is InChI=1S/C26H27NO2/c1-29-25-16-14-22(15-17-25)24-9-5-6-18-27(19-24)26(28)23-12-10-21(11-13-23)20-7-3-2-4-8-20/h2-4,7-8,10-17,24H,5-6,9,18-19H2,1H3. The quantitative estimate of drug-likeness (QED) is 0.570. The van der Waals surface area contributed by atoms with Crippen molar-refractivity contribution < 1.29 is 9.53 Å². The number of rotatable bonds is 4. The maximum absolute atomic E-state index is 13.2. The highest BCUT2D eigenvalue weighted by atomic mass is 16.5. The van der Waals surface area contributed by atoms with Crippen molar-refractivity contribution in [2.45, 2.75) is 25.2 Å². The van der Waals surface area contributed by atoms with E-state index in [4.69, 9.17) is 4.74 Å². The Labute approximate surface area is 172 Å². The first-order valence-electron chi connectivity index (χ1n) is 10.3. The van der Waals surface area contributed by atoms with E-state index >= 15 is 0 Å². The molecule has 0 N–H and O–H groups in total. The Hall–Kier alpha value is -3.07. The van der Waals surface area contributed by atoms with Crippen molar-refractivity contribution in [1.29, 1.82) is 0 Å². The number of carbonyl (C=O) groups is 1. The van der Waals surface area contributed by atoms with Crippen LogP contribution < -0.4 is 4.74 Å². The second-order valence-corrected chi connectivity index (χ2v) is 7.66. The first-order valence-corrected chi connectivity index (χ1v) is 10.3. The van der Waals surface area contributed by atoms with Gasteiger partial charge in [-0.25, -0.2) is 0 Å². The van der Waals surface area contributed by atoms with Gasteiger partial charge in [0.2, 0.25) is 0 Å². The van der Waals surface area contributed by atoms with Crippen molar-refractivity contribution in [2.24, 2.45) is 0 Å². The van der Waals surface area contributed by atoms with Crippen molar-refractivity contribution >= 4 is 5.91 Å². The fraction of sp³-hybridized carbons (Fsp3) is 0.269. The van der Waals surface area contributed by atoms with Gasteiger partial charge in [0.05, 0.1) is 7.11 Å². The Balaban J connectivity index is 1.49. The lowest BCUT2D eigenvalue weighted by Crippen LogP contribution is -2.34. The molecule has 1 heterocycles. The molecule has 3 aromatic carbocycles. The normalized spacial score (nSPS) is 16.9. The van der Waals surface area contributed by atoms with Crippen LogP contribution >= 0.6 is 0 Å². The van der Waals surface area contributed by atoms with Crippen molar-refractivity contribution in [2.75, 3.05) is 20.2 Å². The number of hydrogen-bond acceptors (Lipinski definition) is 2. The topological polar surface area (TPSA) is 29.5 Å². The molecule has 4 rings (SSSR count). The molecule has 1 aliphatic heterocycles. The predicted octanol–water partition coefficient (Wildman–Crippen LogP) is 5.77. The third kappa shape index (κ3) is 4.51. The molecule has 3 heteroatoms. The molecule has 0 radical (unpaired) electrons. The number of nitrogens with zero attached hydrogens (tertiary/aromatic N) is 1. The molecule has 0 spiro atoms. The van der Waals surface area contributed by atoms with Crippen molar-refractivity contribution in [3.8, 4) is 16.9 Å². The van der Waals surface area contributed by atoms with Gasteiger partial charge < -0.3 is 9.64 Å². The fourth-order valence-corrected chi connectivity index (χ4v) is 4.09. The molecule has 3 nitrogen and oxygen atoms in total. The monoisotopic (exact) mass is 385 g/mol. The van der Waals surface area contributed by atoms with Crippen LogP contribution in [-0.4, -0.2) is 31.0 Å². The van der Waals surface area contributed by atoms with Crippen LogP contribution in [0, 0.1) is 0 Å². The van der Waals surface area contributed by atoms with Crippen LogP contribution in [0.25, 0.3) is 11.1 Å². The van der Waals surface area contributed by atoms with Crippen LogP contribution in [0.3, 0.4) is 0 Å². The second-order valence-electron chi connectivity index (χ2n) is 7.66. The van der Waals surface area contributed by atoms with Gasteiger partial charge in [0.1, 0.15) is 5.75 Å². The molecule has 1 unspecified atom stereocenters. The van der Waals surface area contributed by atoms with E-state index in [-0.39, 0.29) is 5.91 Å². The van der Waals surface area contributed by atoms with Crippen LogP contribution in [0.1, 0.15) is 41.1 Å². The van der Waals surface area contributed by atoms with Gasteiger partial charge in [0.25, 0.3) is 5.91 Å². The number of hydrogen-bond donors (Lipinski definition) is 0. The summed E-state index contributed by atoms with van der Waals surface area (Å²) < 4.78 is 5.28. The molecular formula is C26H27NO2. The SMILES string of the molecule is COc1ccc(C2CCCCN(C(=O)c3ccc(-c4ccccc4)cc3)C2)cc1. The zero-order chi connectivity index (χ0) is 20.1. The van der Waals surface area contributed by atoms with Gasteiger partial charge in [-0.1, -0.05) is 61.0 Å². The Morgan fingerprint density at radius 2 is 1.55 bits per heavy atom. The summed E-state index contributed by atoms with van der Waals surface area (Å²) in [5.41, 5.74) is 4.35. The van der Waals surface area contributed by atoms with Crippen LogP contribution in [0.5, 0.6) is 5.75 Å². The molecule has 0 saturated carbocycles. The molecule has 3 aromatic rings. The summed E-state index contributed by atoms with van der Waals surface area (Å²) in [5, 5.41) is 0. The number of carbonyl (C=O) groups excluding carboxylic acids is 1. The first-order chi connectivity index (χ1) is 14.2. The minimum Gasteiger partial charge on any atom is -0.497 e. The summed E-state index contributed by atoms with van der Waals surface area (Å²) in [7, 11) is 1.68. The number of methoxy groups -OCH3 is 1. The molecule has 1 saturated heterocycles. The Morgan fingerprint density at radius 3 is 2.24 bits per heavy atom. The lowest BCUT2D eigenvalue weighted by molar-refractivity contribution is 0.0754. The minimum atomic E-state index is 0.130. The Morgan fingerprint density at radius 1 is 0.862 bits per heavy atom. The van der Waals surface area contributed by atoms with Gasteiger partial charge in [-0.2, -0.15) is 0 Å². The van der Waals surface area contributed by atoms with E-state index in [1.165, 1.54) is 11.1 Å². The summed E-state index contributed by atoms with van der Waals surface area (Å²) in [6, 6.07) is 26.5. The largest absolute Gasteiger partial charge is 0.497 e. The third-order valence-electron chi connectivity index (χ3n) is 5.78. The molecule has 0 bridgehead atoms. The summed E-state index contributed by atoms with van der Waals surface area (Å²) in [4.78, 5) is 15.2. The second kappa shape index (κ2) is 8.95. The van der Waals surface area contributed by atoms with Gasteiger partial charge in [-0.3, -0.25) is 4.79 Å². The van der Waals surface area contributed by atoms with Crippen LogP contribution in [0.15, 0.2) is 78.9 Å². The van der Waals surface area contributed by atoms with Crippen LogP contribution in [0.2, 0.25) is 0 Å². The summed E-state index contributed by atoms with van der Waals surface area (Å²) in [6.07, 6.45) is 3.32. The van der Waals surface area contributed by atoms with Gasteiger partial charge in [-0.15, -0.1) is 0 Å². The number of ether oxygens (including phenoxy) is 1. The summed E-state index contributed by atoms with van der Waals surface area (Å²) in [5.74, 6) is 1.37. The average Bonchev–Trinajstić information content (AvgIpc) is 3.06. The van der Waals surface area contributed by atoms with Gasteiger partial charge in [0.15, 0.2) is 0 Å². The smallest absolute Gasteiger partial charge is 0.253 e. The predicted molar refractivity (Wildman–Crippen MR) is 117 cm³/mol. The molecule has 0 aliphatic carbocycles. The van der Waals surface area contributed by atoms with E-state index in [0.29, 0.717) is 5.92 Å². The maximum atomic E-state index is 13.2. The zero-order valence-electron chi connectivity index (χ0n) is 16.9. The highest BCUT2D eigenvalue weighted by molar-refractivity contribution is 5.94. The summed E-state index contributed by atoms with van der Waals surface area (Å²) >= 11 is 0. The lowest BCUT2D eigenvalue weighted by atomic mass is 9.94. The van der Waals surface area contributed by atoms with Crippen molar-refractivity contribution in [1.82, 2.24) is 4.90 Å². The highest BCUT2D eigenvalue weighted by Gasteiger charge is 2.24. The van der Waals surface area contributed by atoms with E-state index in [0.717, 1.165) is 49.2 Å². The molecule has 1 atom stereocenters. The number of likely N-dealkylation sites (tertiary alicyclic amines) is 1. The van der Waals surface area contributed by atoms with Crippen molar-refractivity contribution in [3.05, 3.63) is 90.0 Å². The van der Waals surface area contributed by atoms with E-state index in [1.54, 1.807) is 7.11 Å². The number of benzene rings is 3. The van der Waals surface area contributed by atoms with E-state index in [9.17, 15) is 4.79 Å². The molecule has 1 fully saturated rings. The molecule has 1 aliphatic rings. The van der Waals surface area contributed by atoms with E-state index in [2.05, 4.69) is 24.3 Å². The third-order valence-corrected chi connectivity index (χ3v) is 5.78. The van der Waals surface area contributed by atoms with E-state index < -0.39 is 0 Å². The van der Waals surface area contributed by atoms with Gasteiger partial charge >= 0.3 is 0 Å². The van der Waals surface area contributed by atoms with Crippen molar-refractivity contribution in [3.63, 3.8) is 0 Å². The maximum Gasteiger partial charge on any atom is 0.253 e. The van der Waals surface area contributed by atoms with Gasteiger partial charge in [0, 0.05) is 24.6 Å². The minimum absolute atomic E-state index is 0.130. The molecule has 148 valence electrons. The van der Waals surface area contributed by atoms with E-state index in [1.807, 2.05) is 59.5 Å². The van der Waals surface area contributed by atoms with Crippen LogP contribution in [0.4, 0.5) is 0 Å². The molecular weight excluding hydrogens is 358 g/mol. The zero-order valence-corrected chi connectivity index (χ0v) is 16.9. The number of amides is 1. The highest BCUT2D eigenvalue weighted by Crippen LogP contribution is 2.29. The first kappa shape index (κ1) is 19.3. The lowest BCUT2D eigenvalue weighted by Gasteiger charge is -2.25.